The van der Waals surface area contributed by atoms with Crippen LogP contribution < -0.4 is 10.3 Å². The summed E-state index contributed by atoms with van der Waals surface area (Å²) >= 11 is 0. The van der Waals surface area contributed by atoms with E-state index >= 15 is 0 Å². The maximum atomic E-state index is 13.2. The van der Waals surface area contributed by atoms with E-state index in [0.717, 1.165) is 27.7 Å². The fourth-order valence-electron chi connectivity index (χ4n) is 3.84. The van der Waals surface area contributed by atoms with E-state index in [1.54, 1.807) is 36.0 Å². The lowest BCUT2D eigenvalue weighted by atomic mass is 10.2. The quantitative estimate of drug-likeness (QED) is 0.300. The number of aromatic nitrogens is 5. The predicted molar refractivity (Wildman–Crippen MR) is 122 cm³/mol. The van der Waals surface area contributed by atoms with Crippen LogP contribution in [0, 0.1) is 17.0 Å². The predicted octanol–water partition coefficient (Wildman–Crippen LogP) is 3.74. The SMILES string of the molecule is Cc1cccc(Cn2ncc3c4ccc(Oc5cccc([N+](=O)[O-])n5)cc4n(C)c3c2=O)n1. The molecule has 0 N–H and O–H groups in total. The summed E-state index contributed by atoms with van der Waals surface area (Å²) in [6, 6.07) is 15.3. The summed E-state index contributed by atoms with van der Waals surface area (Å²) in [6.07, 6.45) is 1.68. The van der Waals surface area contributed by atoms with Crippen LogP contribution in [0.2, 0.25) is 0 Å². The molecule has 164 valence electrons. The summed E-state index contributed by atoms with van der Waals surface area (Å²) in [5, 5.41) is 16.9. The van der Waals surface area contributed by atoms with Crippen molar-refractivity contribution in [2.75, 3.05) is 0 Å². The van der Waals surface area contributed by atoms with Crippen LogP contribution in [0.5, 0.6) is 11.6 Å². The Kier molecular flexibility index (Phi) is 4.82. The lowest BCUT2D eigenvalue weighted by Crippen LogP contribution is -2.24. The number of rotatable bonds is 5. The number of nitro groups is 1. The van der Waals surface area contributed by atoms with Gasteiger partial charge < -0.3 is 19.4 Å². The lowest BCUT2D eigenvalue weighted by molar-refractivity contribution is -0.389. The highest BCUT2D eigenvalue weighted by Gasteiger charge is 2.16. The summed E-state index contributed by atoms with van der Waals surface area (Å²) in [5.74, 6) is 0.253. The Labute approximate surface area is 186 Å². The van der Waals surface area contributed by atoms with Crippen LogP contribution in [0.3, 0.4) is 0 Å². The smallest absolute Gasteiger partial charge is 0.367 e. The van der Waals surface area contributed by atoms with Gasteiger partial charge in [-0.15, -0.1) is 0 Å². The van der Waals surface area contributed by atoms with Crippen molar-refractivity contribution in [1.82, 2.24) is 24.3 Å². The third-order valence-corrected chi connectivity index (χ3v) is 5.35. The largest absolute Gasteiger partial charge is 0.420 e. The van der Waals surface area contributed by atoms with E-state index in [4.69, 9.17) is 4.74 Å². The van der Waals surface area contributed by atoms with E-state index in [2.05, 4.69) is 15.1 Å². The number of nitrogens with zero attached hydrogens (tertiary/aromatic N) is 6. The maximum Gasteiger partial charge on any atom is 0.367 e. The minimum Gasteiger partial charge on any atom is -0.420 e. The molecule has 4 heterocycles. The van der Waals surface area contributed by atoms with Gasteiger partial charge in [0.05, 0.1) is 24.0 Å². The van der Waals surface area contributed by atoms with Crippen molar-refractivity contribution in [3.8, 4) is 11.6 Å². The van der Waals surface area contributed by atoms with Gasteiger partial charge in [-0.2, -0.15) is 5.10 Å². The van der Waals surface area contributed by atoms with E-state index in [9.17, 15) is 14.9 Å². The first-order valence-electron chi connectivity index (χ1n) is 10.1. The third kappa shape index (κ3) is 3.67. The topological polar surface area (TPSA) is 118 Å². The zero-order valence-corrected chi connectivity index (χ0v) is 17.8. The Balaban J connectivity index is 1.55. The lowest BCUT2D eigenvalue weighted by Gasteiger charge is -2.06. The Morgan fingerprint density at radius 2 is 1.88 bits per heavy atom. The first kappa shape index (κ1) is 20.3. The maximum absolute atomic E-state index is 13.2. The summed E-state index contributed by atoms with van der Waals surface area (Å²) in [4.78, 5) is 32.0. The van der Waals surface area contributed by atoms with Gasteiger partial charge in [-0.3, -0.25) is 9.78 Å². The average Bonchev–Trinajstić information content (AvgIpc) is 3.08. The van der Waals surface area contributed by atoms with Gasteiger partial charge >= 0.3 is 11.7 Å². The van der Waals surface area contributed by atoms with Crippen molar-refractivity contribution in [3.05, 3.63) is 92.7 Å². The first-order valence-corrected chi connectivity index (χ1v) is 10.1. The fourth-order valence-corrected chi connectivity index (χ4v) is 3.84. The first-order chi connectivity index (χ1) is 15.9. The van der Waals surface area contributed by atoms with Gasteiger partial charge in [0.2, 0.25) is 0 Å². The Morgan fingerprint density at radius 1 is 1.06 bits per heavy atom. The highest BCUT2D eigenvalue weighted by molar-refractivity contribution is 6.07. The van der Waals surface area contributed by atoms with Gasteiger partial charge in [0, 0.05) is 46.7 Å². The highest BCUT2D eigenvalue weighted by Crippen LogP contribution is 2.30. The van der Waals surface area contributed by atoms with Gasteiger partial charge in [0.15, 0.2) is 0 Å². The summed E-state index contributed by atoms with van der Waals surface area (Å²) in [5.41, 5.74) is 2.67. The molecule has 0 bridgehead atoms. The van der Waals surface area contributed by atoms with Gasteiger partial charge in [0.1, 0.15) is 11.3 Å². The summed E-state index contributed by atoms with van der Waals surface area (Å²) in [6.45, 7) is 2.17. The Morgan fingerprint density at radius 3 is 2.67 bits per heavy atom. The molecule has 1 aromatic carbocycles. The molecule has 33 heavy (non-hydrogen) atoms. The molecule has 5 rings (SSSR count). The van der Waals surface area contributed by atoms with Gasteiger partial charge in [-0.25, -0.2) is 4.68 Å². The number of hydrogen-bond donors (Lipinski definition) is 0. The minimum absolute atomic E-state index is 0.108. The number of hydrogen-bond acceptors (Lipinski definition) is 7. The number of aryl methyl sites for hydroxylation is 2. The van der Waals surface area contributed by atoms with Crippen molar-refractivity contribution in [2.45, 2.75) is 13.5 Å². The molecule has 10 heteroatoms. The van der Waals surface area contributed by atoms with Crippen LogP contribution in [-0.4, -0.2) is 29.2 Å². The van der Waals surface area contributed by atoms with E-state index in [-0.39, 0.29) is 23.8 Å². The van der Waals surface area contributed by atoms with Gasteiger partial charge in [0.25, 0.3) is 5.56 Å². The molecule has 0 unspecified atom stereocenters. The minimum atomic E-state index is -0.579. The molecular weight excluding hydrogens is 424 g/mol. The Hall–Kier alpha value is -4.60. The van der Waals surface area contributed by atoms with E-state index in [0.29, 0.717) is 11.3 Å². The molecule has 0 aliphatic rings. The molecule has 0 aliphatic carbocycles. The van der Waals surface area contributed by atoms with E-state index in [1.165, 1.54) is 16.8 Å². The van der Waals surface area contributed by atoms with Crippen LogP contribution in [0.1, 0.15) is 11.4 Å². The second kappa shape index (κ2) is 7.83. The molecule has 0 saturated heterocycles. The second-order valence-electron chi connectivity index (χ2n) is 7.57. The molecule has 0 aliphatic heterocycles. The van der Waals surface area contributed by atoms with Crippen LogP contribution >= 0.6 is 0 Å². The summed E-state index contributed by atoms with van der Waals surface area (Å²) < 4.78 is 8.93. The van der Waals surface area contributed by atoms with Crippen LogP contribution in [-0.2, 0) is 13.6 Å². The third-order valence-electron chi connectivity index (χ3n) is 5.35. The van der Waals surface area contributed by atoms with E-state index in [1.807, 2.05) is 31.2 Å². The molecule has 0 atom stereocenters. The van der Waals surface area contributed by atoms with Crippen molar-refractivity contribution >= 4 is 27.6 Å². The standard InChI is InChI=1S/C23H18N6O4/c1-14-5-3-6-15(25-14)13-28-23(30)22-18(12-24-28)17-10-9-16(11-19(17)27(22)2)33-21-8-4-7-20(26-21)29(31)32/h3-12H,13H2,1-2H3. The van der Waals surface area contributed by atoms with Gasteiger partial charge in [-0.05, 0) is 42.2 Å². The molecule has 0 spiro atoms. The number of fused-ring (bicyclic) bond motifs is 3. The van der Waals surface area contributed by atoms with Crippen LogP contribution in [0.25, 0.3) is 21.8 Å². The fraction of sp³-hybridized carbons (Fsp3) is 0.130. The molecule has 4 aromatic heterocycles. The molecular formula is C23H18N6O4. The Bertz CT molecular complexity index is 1600. The van der Waals surface area contributed by atoms with Crippen molar-refractivity contribution in [3.63, 3.8) is 0 Å². The van der Waals surface area contributed by atoms with Crippen molar-refractivity contribution in [1.29, 1.82) is 0 Å². The van der Waals surface area contributed by atoms with Crippen LogP contribution in [0.15, 0.2) is 65.6 Å². The zero-order chi connectivity index (χ0) is 23.1. The number of pyridine rings is 2. The number of benzene rings is 1. The monoisotopic (exact) mass is 442 g/mol. The summed E-state index contributed by atoms with van der Waals surface area (Å²) in [7, 11) is 1.80. The molecule has 0 fully saturated rings. The van der Waals surface area contributed by atoms with Gasteiger partial charge in [-0.1, -0.05) is 6.07 Å². The second-order valence-corrected chi connectivity index (χ2v) is 7.57. The molecule has 0 saturated carbocycles. The molecule has 10 nitrogen and oxygen atoms in total. The normalized spacial score (nSPS) is 11.2. The molecule has 5 aromatic rings. The molecule has 0 radical (unpaired) electrons. The highest BCUT2D eigenvalue weighted by atomic mass is 16.6. The average molecular weight is 442 g/mol. The van der Waals surface area contributed by atoms with E-state index < -0.39 is 4.92 Å². The zero-order valence-electron chi connectivity index (χ0n) is 17.8. The van der Waals surface area contributed by atoms with Crippen molar-refractivity contribution in [2.24, 2.45) is 7.05 Å². The van der Waals surface area contributed by atoms with Crippen LogP contribution in [0.4, 0.5) is 5.82 Å². The number of ether oxygens (including phenoxy) is 1. The molecule has 0 amide bonds. The van der Waals surface area contributed by atoms with Crippen molar-refractivity contribution < 1.29 is 9.66 Å².